The highest BCUT2D eigenvalue weighted by molar-refractivity contribution is 7.91. The molecule has 0 radical (unpaired) electrons. The van der Waals surface area contributed by atoms with E-state index < -0.39 is 15.4 Å². The number of anilines is 1. The lowest BCUT2D eigenvalue weighted by atomic mass is 9.75. The Kier molecular flexibility index (Phi) is 6.58. The van der Waals surface area contributed by atoms with Crippen LogP contribution in [-0.4, -0.2) is 59.2 Å². The number of hydrogen-bond donors (Lipinski definition) is 2. The Hall–Kier alpha value is -4.10. The maximum atomic E-state index is 13.6. The molecule has 2 aromatic carbocycles. The van der Waals surface area contributed by atoms with Gasteiger partial charge in [0.15, 0.2) is 9.84 Å². The van der Waals surface area contributed by atoms with Crippen LogP contribution in [-0.2, 0) is 14.6 Å². The standard InChI is InChI=1S/C32H34N6O3S/c33-21-32(12-13-32)35-31(39)27-4-2-1-3-26(27)30-28(20-38(36-30)25-9-10-29-23(19-25)11-14-34-29)22-5-7-24(8-6-22)37-15-17-42(40,41)18-16-37/h5-11,14,19-20,26-27,34H,1-4,12-13,15-18H2,(H,35,39)/t26-,27-/m1/s1. The molecular weight excluding hydrogens is 548 g/mol. The number of carbonyl (C=O) groups excluding carboxylic acids is 1. The van der Waals surface area contributed by atoms with Crippen LogP contribution in [0.25, 0.3) is 27.7 Å². The predicted octanol–water partition coefficient (Wildman–Crippen LogP) is 4.70. The molecule has 9 nitrogen and oxygen atoms in total. The van der Waals surface area contributed by atoms with Crippen LogP contribution in [0, 0.1) is 17.2 Å². The summed E-state index contributed by atoms with van der Waals surface area (Å²) in [6.07, 6.45) is 9.05. The van der Waals surface area contributed by atoms with Gasteiger partial charge in [-0.25, -0.2) is 13.1 Å². The van der Waals surface area contributed by atoms with Crippen LogP contribution in [0.15, 0.2) is 60.9 Å². The van der Waals surface area contributed by atoms with Gasteiger partial charge in [-0.3, -0.25) is 4.79 Å². The summed E-state index contributed by atoms with van der Waals surface area (Å²) in [5, 5.41) is 18.9. The fourth-order valence-electron chi connectivity index (χ4n) is 6.51. The van der Waals surface area contributed by atoms with Gasteiger partial charge in [-0.15, -0.1) is 0 Å². The van der Waals surface area contributed by atoms with Crippen molar-refractivity contribution in [2.45, 2.75) is 50.0 Å². The summed E-state index contributed by atoms with van der Waals surface area (Å²) in [7, 11) is -2.95. The maximum Gasteiger partial charge on any atom is 0.225 e. The molecule has 3 fully saturated rings. The quantitative estimate of drug-likeness (QED) is 0.340. The molecule has 2 saturated carbocycles. The molecule has 1 amide bonds. The van der Waals surface area contributed by atoms with E-state index in [1.807, 2.05) is 29.1 Å². The summed E-state index contributed by atoms with van der Waals surface area (Å²) >= 11 is 0. The van der Waals surface area contributed by atoms with Crippen LogP contribution in [0.3, 0.4) is 0 Å². The zero-order chi connectivity index (χ0) is 28.9. The molecule has 3 aliphatic rings. The lowest BCUT2D eigenvalue weighted by Gasteiger charge is -2.31. The topological polar surface area (TPSA) is 124 Å². The monoisotopic (exact) mass is 582 g/mol. The third-order valence-corrected chi connectivity index (χ3v) is 10.8. The van der Waals surface area contributed by atoms with Crippen molar-refractivity contribution in [2.24, 2.45) is 5.92 Å². The number of benzene rings is 2. The molecular formula is C32H34N6O3S. The van der Waals surface area contributed by atoms with E-state index in [9.17, 15) is 18.5 Å². The molecule has 1 aliphatic heterocycles. The summed E-state index contributed by atoms with van der Waals surface area (Å²) in [6.45, 7) is 0.991. The fraction of sp³-hybridized carbons (Fsp3) is 0.406. The predicted molar refractivity (Wildman–Crippen MR) is 162 cm³/mol. The van der Waals surface area contributed by atoms with Crippen molar-refractivity contribution in [3.63, 3.8) is 0 Å². The van der Waals surface area contributed by atoms with E-state index in [2.05, 4.69) is 57.8 Å². The van der Waals surface area contributed by atoms with Crippen molar-refractivity contribution >= 4 is 32.3 Å². The number of sulfone groups is 1. The average molecular weight is 583 g/mol. The smallest absolute Gasteiger partial charge is 0.225 e. The van der Waals surface area contributed by atoms with E-state index in [-0.39, 0.29) is 29.2 Å². The molecule has 216 valence electrons. The van der Waals surface area contributed by atoms with Gasteiger partial charge in [0.2, 0.25) is 5.91 Å². The van der Waals surface area contributed by atoms with E-state index in [4.69, 9.17) is 5.10 Å². The Bertz CT molecular complexity index is 1780. The lowest BCUT2D eigenvalue weighted by Crippen LogP contribution is -2.42. The summed E-state index contributed by atoms with van der Waals surface area (Å²) < 4.78 is 25.8. The molecule has 7 rings (SSSR count). The summed E-state index contributed by atoms with van der Waals surface area (Å²) in [5.74, 6) is 0.00865. The molecule has 2 aromatic heterocycles. The third kappa shape index (κ3) is 5.07. The minimum atomic E-state index is -2.95. The summed E-state index contributed by atoms with van der Waals surface area (Å²) in [5.41, 5.74) is 5.21. The van der Waals surface area contributed by atoms with Gasteiger partial charge in [0.1, 0.15) is 5.54 Å². The molecule has 4 aromatic rings. The lowest BCUT2D eigenvalue weighted by molar-refractivity contribution is -0.127. The molecule has 10 heteroatoms. The van der Waals surface area contributed by atoms with Gasteiger partial charge in [0.05, 0.1) is 29.0 Å². The van der Waals surface area contributed by atoms with Crippen LogP contribution in [0.5, 0.6) is 0 Å². The van der Waals surface area contributed by atoms with Gasteiger partial charge < -0.3 is 15.2 Å². The molecule has 42 heavy (non-hydrogen) atoms. The second-order valence-corrected chi connectivity index (χ2v) is 14.3. The number of H-pyrrole nitrogens is 1. The number of aromatic amines is 1. The molecule has 2 aliphatic carbocycles. The highest BCUT2D eigenvalue weighted by atomic mass is 32.2. The first kappa shape index (κ1) is 26.8. The van der Waals surface area contributed by atoms with Crippen molar-refractivity contribution in [3.8, 4) is 22.9 Å². The Morgan fingerprint density at radius 3 is 2.50 bits per heavy atom. The number of nitrogens with zero attached hydrogens (tertiary/aromatic N) is 4. The zero-order valence-electron chi connectivity index (χ0n) is 23.4. The number of fused-ring (bicyclic) bond motifs is 1. The van der Waals surface area contributed by atoms with E-state index in [0.717, 1.165) is 64.8 Å². The van der Waals surface area contributed by atoms with Gasteiger partial charge in [-0.2, -0.15) is 10.4 Å². The van der Waals surface area contributed by atoms with Crippen molar-refractivity contribution < 1.29 is 13.2 Å². The Labute approximate surface area is 245 Å². The first-order valence-corrected chi connectivity index (χ1v) is 16.6. The normalized spacial score (nSPS) is 22.9. The maximum absolute atomic E-state index is 13.6. The Morgan fingerprint density at radius 2 is 1.76 bits per heavy atom. The number of aromatic nitrogens is 3. The molecule has 0 unspecified atom stereocenters. The minimum Gasteiger partial charge on any atom is -0.369 e. The molecule has 1 saturated heterocycles. The van der Waals surface area contributed by atoms with Crippen molar-refractivity contribution in [2.75, 3.05) is 29.5 Å². The van der Waals surface area contributed by atoms with Crippen LogP contribution < -0.4 is 10.2 Å². The Morgan fingerprint density at radius 1 is 1.02 bits per heavy atom. The van der Waals surface area contributed by atoms with Gasteiger partial charge in [0, 0.05) is 59.5 Å². The van der Waals surface area contributed by atoms with Gasteiger partial charge in [-0.1, -0.05) is 25.0 Å². The van der Waals surface area contributed by atoms with Gasteiger partial charge in [-0.05, 0) is 67.6 Å². The van der Waals surface area contributed by atoms with Crippen LogP contribution in [0.4, 0.5) is 5.69 Å². The average Bonchev–Trinajstić information content (AvgIpc) is 3.39. The zero-order valence-corrected chi connectivity index (χ0v) is 24.2. The van der Waals surface area contributed by atoms with E-state index in [0.29, 0.717) is 25.9 Å². The van der Waals surface area contributed by atoms with Crippen molar-refractivity contribution in [1.82, 2.24) is 20.1 Å². The van der Waals surface area contributed by atoms with Crippen LogP contribution in [0.2, 0.25) is 0 Å². The number of carbonyl (C=O) groups is 1. The summed E-state index contributed by atoms with van der Waals surface area (Å²) in [4.78, 5) is 18.9. The van der Waals surface area contributed by atoms with E-state index in [1.54, 1.807) is 0 Å². The molecule has 0 spiro atoms. The number of hydrogen-bond acceptors (Lipinski definition) is 6. The number of nitrogens with one attached hydrogen (secondary N) is 2. The van der Waals surface area contributed by atoms with E-state index >= 15 is 0 Å². The highest BCUT2D eigenvalue weighted by Crippen LogP contribution is 2.43. The minimum absolute atomic E-state index is 0.0385. The first-order chi connectivity index (χ1) is 20.3. The van der Waals surface area contributed by atoms with Crippen LogP contribution in [0.1, 0.15) is 50.1 Å². The highest BCUT2D eigenvalue weighted by Gasteiger charge is 2.47. The molecule has 0 bridgehead atoms. The summed E-state index contributed by atoms with van der Waals surface area (Å²) in [6, 6.07) is 18.8. The molecule has 2 atom stereocenters. The first-order valence-electron chi connectivity index (χ1n) is 14.8. The van der Waals surface area contributed by atoms with Crippen LogP contribution >= 0.6 is 0 Å². The number of rotatable bonds is 6. The second kappa shape index (κ2) is 10.3. The van der Waals surface area contributed by atoms with Gasteiger partial charge >= 0.3 is 0 Å². The third-order valence-electron chi connectivity index (χ3n) is 9.21. The van der Waals surface area contributed by atoms with E-state index in [1.165, 1.54) is 0 Å². The van der Waals surface area contributed by atoms with Crippen molar-refractivity contribution in [3.05, 3.63) is 66.6 Å². The number of amides is 1. The van der Waals surface area contributed by atoms with Crippen molar-refractivity contribution in [1.29, 1.82) is 5.26 Å². The molecule has 3 heterocycles. The SMILES string of the molecule is N#CC1(NC(=O)[C@@H]2CCCC[C@H]2c2nn(-c3ccc4[nH]ccc4c3)cc2-c2ccc(N3CCS(=O)(=O)CC3)cc2)CC1. The molecule has 2 N–H and O–H groups in total. The Balaban J connectivity index is 1.25. The fourth-order valence-corrected chi connectivity index (χ4v) is 7.71. The largest absolute Gasteiger partial charge is 0.369 e. The second-order valence-electron chi connectivity index (χ2n) is 12.0. The number of nitriles is 1. The van der Waals surface area contributed by atoms with Gasteiger partial charge in [0.25, 0.3) is 0 Å².